The zero-order valence-electron chi connectivity index (χ0n) is 10.2. The van der Waals surface area contributed by atoms with Gasteiger partial charge in [-0.25, -0.2) is 0 Å². The van der Waals surface area contributed by atoms with Gasteiger partial charge in [0, 0.05) is 7.11 Å². The molecule has 0 heterocycles. The topological polar surface area (TPSA) is 18.5 Å². The van der Waals surface area contributed by atoms with E-state index in [1.165, 1.54) is 18.0 Å². The lowest BCUT2D eigenvalue weighted by Gasteiger charge is -2.14. The summed E-state index contributed by atoms with van der Waals surface area (Å²) in [7, 11) is 1.01. The van der Waals surface area contributed by atoms with Crippen LogP contribution in [0.25, 0.3) is 0 Å². The van der Waals surface area contributed by atoms with Crippen molar-refractivity contribution in [2.24, 2.45) is 0 Å². The molecule has 0 aromatic heterocycles. The van der Waals surface area contributed by atoms with E-state index in [2.05, 4.69) is 37.3 Å². The minimum absolute atomic E-state index is 0.700. The van der Waals surface area contributed by atoms with E-state index in [0.717, 1.165) is 12.7 Å². The molecule has 1 radical (unpaired) electrons. The molecule has 2 nitrogen and oxygen atoms in total. The third kappa shape index (κ3) is 5.44. The van der Waals surface area contributed by atoms with E-state index in [-0.39, 0.29) is 0 Å². The standard InChI is InChI=1S/C13H21O2Si/c1-3-11-16(15-10-9-14-2)12-13-7-5-4-6-8-13/h4-8H,3,9-12H2,1-2H3. The highest BCUT2D eigenvalue weighted by atomic mass is 28.3. The smallest absolute Gasteiger partial charge is 0.216 e. The summed E-state index contributed by atoms with van der Waals surface area (Å²) in [5.41, 5.74) is 1.39. The average molecular weight is 237 g/mol. The fourth-order valence-corrected chi connectivity index (χ4v) is 3.63. The Kier molecular flexibility index (Phi) is 7.13. The molecule has 0 bridgehead atoms. The molecule has 1 rings (SSSR count). The first-order chi connectivity index (χ1) is 7.86. The summed E-state index contributed by atoms with van der Waals surface area (Å²) in [5, 5.41) is 0. The van der Waals surface area contributed by atoms with Crippen LogP contribution in [0.3, 0.4) is 0 Å². The number of hydrogen-bond acceptors (Lipinski definition) is 2. The van der Waals surface area contributed by atoms with E-state index in [1.807, 2.05) is 0 Å². The van der Waals surface area contributed by atoms with Crippen LogP contribution in [0.1, 0.15) is 18.9 Å². The molecule has 0 aliphatic rings. The highest BCUT2D eigenvalue weighted by Crippen LogP contribution is 2.08. The SMILES string of the molecule is CCC[Si](Cc1ccccc1)OCCOC. The third-order valence-electron chi connectivity index (χ3n) is 2.37. The van der Waals surface area contributed by atoms with Gasteiger partial charge in [0.25, 0.3) is 0 Å². The Morgan fingerprint density at radius 1 is 1.12 bits per heavy atom. The molecule has 1 aromatic rings. The first-order valence-corrected chi connectivity index (χ1v) is 7.69. The summed E-state index contributed by atoms with van der Waals surface area (Å²) < 4.78 is 10.9. The van der Waals surface area contributed by atoms with Gasteiger partial charge in [-0.3, -0.25) is 0 Å². The molecular formula is C13H21O2Si. The van der Waals surface area contributed by atoms with Crippen molar-refractivity contribution in [3.8, 4) is 0 Å². The van der Waals surface area contributed by atoms with Crippen LogP contribution in [0.4, 0.5) is 0 Å². The van der Waals surface area contributed by atoms with Crippen LogP contribution in [0.5, 0.6) is 0 Å². The fraction of sp³-hybridized carbons (Fsp3) is 0.538. The molecule has 0 aliphatic carbocycles. The molecule has 16 heavy (non-hydrogen) atoms. The van der Waals surface area contributed by atoms with Gasteiger partial charge in [-0.15, -0.1) is 0 Å². The van der Waals surface area contributed by atoms with Crippen molar-refractivity contribution in [2.75, 3.05) is 20.3 Å². The van der Waals surface area contributed by atoms with Crippen molar-refractivity contribution in [1.29, 1.82) is 0 Å². The number of rotatable bonds is 8. The first-order valence-electron chi connectivity index (χ1n) is 5.87. The van der Waals surface area contributed by atoms with Gasteiger partial charge in [0.05, 0.1) is 13.2 Å². The summed E-state index contributed by atoms with van der Waals surface area (Å²) in [6.45, 7) is 3.65. The van der Waals surface area contributed by atoms with Crippen molar-refractivity contribution in [2.45, 2.75) is 25.4 Å². The maximum absolute atomic E-state index is 5.90. The summed E-state index contributed by atoms with van der Waals surface area (Å²) in [6.07, 6.45) is 1.20. The van der Waals surface area contributed by atoms with Crippen LogP contribution in [-0.2, 0) is 15.2 Å². The number of methoxy groups -OCH3 is 1. The Bertz CT molecular complexity index is 264. The Labute approximate surface area is 100 Å². The highest BCUT2D eigenvalue weighted by molar-refractivity contribution is 6.51. The van der Waals surface area contributed by atoms with Gasteiger partial charge in [-0.1, -0.05) is 43.7 Å². The summed E-state index contributed by atoms with van der Waals surface area (Å²) in [6, 6.07) is 12.9. The molecule has 3 heteroatoms. The largest absolute Gasteiger partial charge is 0.414 e. The van der Waals surface area contributed by atoms with E-state index in [1.54, 1.807) is 7.11 Å². The molecule has 0 fully saturated rings. The fourth-order valence-electron chi connectivity index (χ4n) is 1.58. The lowest BCUT2D eigenvalue weighted by atomic mass is 10.2. The van der Waals surface area contributed by atoms with Crippen molar-refractivity contribution in [1.82, 2.24) is 0 Å². The minimum atomic E-state index is -0.700. The van der Waals surface area contributed by atoms with Crippen LogP contribution < -0.4 is 0 Å². The molecule has 0 amide bonds. The second-order valence-electron chi connectivity index (χ2n) is 3.79. The lowest BCUT2D eigenvalue weighted by Crippen LogP contribution is -2.23. The second-order valence-corrected chi connectivity index (χ2v) is 6.01. The van der Waals surface area contributed by atoms with Gasteiger partial charge >= 0.3 is 0 Å². The van der Waals surface area contributed by atoms with Gasteiger partial charge in [-0.05, 0) is 17.7 Å². The van der Waals surface area contributed by atoms with E-state index >= 15 is 0 Å². The van der Waals surface area contributed by atoms with Crippen molar-refractivity contribution in [3.05, 3.63) is 35.9 Å². The van der Waals surface area contributed by atoms with Crippen LogP contribution >= 0.6 is 0 Å². The monoisotopic (exact) mass is 237 g/mol. The van der Waals surface area contributed by atoms with Gasteiger partial charge in [-0.2, -0.15) is 0 Å². The van der Waals surface area contributed by atoms with E-state index in [0.29, 0.717) is 6.61 Å². The molecular weight excluding hydrogens is 216 g/mol. The highest BCUT2D eigenvalue weighted by Gasteiger charge is 2.12. The zero-order valence-corrected chi connectivity index (χ0v) is 11.2. The maximum Gasteiger partial charge on any atom is 0.216 e. The Morgan fingerprint density at radius 2 is 1.88 bits per heavy atom. The minimum Gasteiger partial charge on any atom is -0.414 e. The van der Waals surface area contributed by atoms with Crippen molar-refractivity contribution in [3.63, 3.8) is 0 Å². The zero-order chi connectivity index (χ0) is 11.6. The first kappa shape index (κ1) is 13.4. The van der Waals surface area contributed by atoms with Crippen LogP contribution in [0.15, 0.2) is 30.3 Å². The molecule has 89 valence electrons. The third-order valence-corrected chi connectivity index (χ3v) is 4.84. The second kappa shape index (κ2) is 8.50. The normalized spacial score (nSPS) is 10.9. The molecule has 0 N–H and O–H groups in total. The maximum atomic E-state index is 5.90. The molecule has 0 saturated heterocycles. The molecule has 0 saturated carbocycles. The molecule has 0 aliphatic heterocycles. The van der Waals surface area contributed by atoms with Gasteiger partial charge in [0.2, 0.25) is 9.04 Å². The number of hydrogen-bond donors (Lipinski definition) is 0. The van der Waals surface area contributed by atoms with Crippen molar-refractivity contribution >= 4 is 9.04 Å². The summed E-state index contributed by atoms with van der Waals surface area (Å²) in [4.78, 5) is 0. The molecule has 1 aromatic carbocycles. The predicted molar refractivity (Wildman–Crippen MR) is 68.8 cm³/mol. The molecule has 0 atom stereocenters. The van der Waals surface area contributed by atoms with Crippen LogP contribution in [-0.4, -0.2) is 29.4 Å². The Hall–Kier alpha value is -0.643. The number of ether oxygens (including phenoxy) is 1. The van der Waals surface area contributed by atoms with Gasteiger partial charge in [0.1, 0.15) is 0 Å². The van der Waals surface area contributed by atoms with Crippen LogP contribution in [0, 0.1) is 0 Å². The van der Waals surface area contributed by atoms with Gasteiger partial charge in [0.15, 0.2) is 0 Å². The predicted octanol–water partition coefficient (Wildman–Crippen LogP) is 2.83. The average Bonchev–Trinajstić information content (AvgIpc) is 2.31. The van der Waals surface area contributed by atoms with Crippen molar-refractivity contribution < 1.29 is 9.16 Å². The van der Waals surface area contributed by atoms with Crippen LogP contribution in [0.2, 0.25) is 6.04 Å². The summed E-state index contributed by atoms with van der Waals surface area (Å²) in [5.74, 6) is 0. The Morgan fingerprint density at radius 3 is 2.50 bits per heavy atom. The quantitative estimate of drug-likeness (QED) is 0.511. The van der Waals surface area contributed by atoms with E-state index in [4.69, 9.17) is 9.16 Å². The van der Waals surface area contributed by atoms with E-state index in [9.17, 15) is 0 Å². The van der Waals surface area contributed by atoms with E-state index < -0.39 is 9.04 Å². The molecule has 0 spiro atoms. The van der Waals surface area contributed by atoms with Gasteiger partial charge < -0.3 is 9.16 Å². The number of benzene rings is 1. The summed E-state index contributed by atoms with van der Waals surface area (Å²) >= 11 is 0. The lowest BCUT2D eigenvalue weighted by molar-refractivity contribution is 0.145. The molecule has 0 unspecified atom stereocenters. The Balaban J connectivity index is 2.38.